The second kappa shape index (κ2) is 7.99. The van der Waals surface area contributed by atoms with Gasteiger partial charge in [0, 0.05) is 31.6 Å². The lowest BCUT2D eigenvalue weighted by Crippen LogP contribution is -2.50. The Morgan fingerprint density at radius 1 is 1.03 bits per heavy atom. The van der Waals surface area contributed by atoms with E-state index in [2.05, 4.69) is 11.1 Å². The summed E-state index contributed by atoms with van der Waals surface area (Å²) >= 11 is 1.12. The largest absolute Gasteiger partial charge is 0.464 e. The van der Waals surface area contributed by atoms with Gasteiger partial charge in [0.2, 0.25) is 0 Å². The van der Waals surface area contributed by atoms with Gasteiger partial charge in [-0.15, -0.1) is 11.3 Å². The van der Waals surface area contributed by atoms with E-state index < -0.39 is 0 Å². The summed E-state index contributed by atoms with van der Waals surface area (Å²) in [6.07, 6.45) is 2.93. The molecule has 2 amide bonds. The van der Waals surface area contributed by atoms with Gasteiger partial charge in [-0.3, -0.25) is 9.59 Å². The topological polar surface area (TPSA) is 156 Å². The fraction of sp³-hybridized carbons (Fsp3) is 0.182. The van der Waals surface area contributed by atoms with Crippen LogP contribution in [0.1, 0.15) is 25.8 Å². The predicted octanol–water partition coefficient (Wildman–Crippen LogP) is 2.78. The fourth-order valence-corrected chi connectivity index (χ4v) is 5.00. The number of nitrogens with zero attached hydrogens (tertiary/aromatic N) is 4. The highest BCUT2D eigenvalue weighted by Gasteiger charge is 2.31. The Balaban J connectivity index is 1.46. The summed E-state index contributed by atoms with van der Waals surface area (Å²) in [7, 11) is 0. The Morgan fingerprint density at radius 3 is 2.30 bits per heavy atom. The molecule has 10 nitrogen and oxygen atoms in total. The monoisotopic (exact) mass is 462 g/mol. The molecule has 0 atom stereocenters. The Kier molecular flexibility index (Phi) is 4.99. The summed E-state index contributed by atoms with van der Waals surface area (Å²) < 4.78 is 10.7. The lowest BCUT2D eigenvalue weighted by atomic mass is 10.0. The van der Waals surface area contributed by atoms with E-state index in [1.807, 2.05) is 0 Å². The van der Waals surface area contributed by atoms with Crippen molar-refractivity contribution < 1.29 is 18.4 Å². The summed E-state index contributed by atoms with van der Waals surface area (Å²) in [5, 5.41) is 10.1. The van der Waals surface area contributed by atoms with Gasteiger partial charge in [0.05, 0.1) is 23.8 Å². The molecule has 1 aliphatic heterocycles. The first kappa shape index (κ1) is 20.6. The molecule has 1 aliphatic rings. The number of anilines is 2. The number of rotatable bonds is 3. The van der Waals surface area contributed by atoms with Crippen LogP contribution in [0, 0.1) is 11.3 Å². The number of carbonyl (C=O) groups is 2. The van der Waals surface area contributed by atoms with Crippen LogP contribution in [0.4, 0.5) is 11.5 Å². The summed E-state index contributed by atoms with van der Waals surface area (Å²) in [4.78, 5) is 34.2. The second-order valence-electron chi connectivity index (χ2n) is 7.42. The van der Waals surface area contributed by atoms with Crippen molar-refractivity contribution in [2.24, 2.45) is 0 Å². The van der Waals surface area contributed by atoms with E-state index in [0.717, 1.165) is 11.3 Å². The average molecular weight is 462 g/mol. The number of hydrogen-bond acceptors (Lipinski definition) is 9. The molecule has 4 aromatic heterocycles. The van der Waals surface area contributed by atoms with Crippen molar-refractivity contribution in [2.75, 3.05) is 37.6 Å². The lowest BCUT2D eigenvalue weighted by molar-refractivity contribution is 0.0521. The number of fused-ring (bicyclic) bond motifs is 1. The van der Waals surface area contributed by atoms with Crippen LogP contribution in [-0.4, -0.2) is 52.8 Å². The maximum absolute atomic E-state index is 13.3. The van der Waals surface area contributed by atoms with Crippen LogP contribution in [0.25, 0.3) is 21.5 Å². The van der Waals surface area contributed by atoms with Crippen molar-refractivity contribution in [1.82, 2.24) is 14.8 Å². The molecule has 0 unspecified atom stereocenters. The zero-order valence-electron chi connectivity index (χ0n) is 17.3. The number of pyridine rings is 1. The molecule has 4 N–H and O–H groups in total. The molecule has 11 heteroatoms. The van der Waals surface area contributed by atoms with Crippen molar-refractivity contribution in [1.29, 1.82) is 5.26 Å². The quantitative estimate of drug-likeness (QED) is 0.471. The third-order valence-electron chi connectivity index (χ3n) is 5.56. The molecule has 33 heavy (non-hydrogen) atoms. The maximum Gasteiger partial charge on any atom is 0.289 e. The molecule has 0 spiro atoms. The van der Waals surface area contributed by atoms with Gasteiger partial charge in [0.25, 0.3) is 11.8 Å². The number of hydrogen-bond donors (Lipinski definition) is 2. The summed E-state index contributed by atoms with van der Waals surface area (Å²) in [6.45, 7) is 1.45. The van der Waals surface area contributed by atoms with Gasteiger partial charge in [-0.2, -0.15) is 5.26 Å². The normalized spacial score (nSPS) is 13.9. The zero-order valence-corrected chi connectivity index (χ0v) is 18.1. The number of nitriles is 1. The van der Waals surface area contributed by atoms with Crippen LogP contribution >= 0.6 is 11.3 Å². The van der Waals surface area contributed by atoms with Crippen LogP contribution < -0.4 is 11.5 Å². The molecule has 5 rings (SSSR count). The van der Waals surface area contributed by atoms with E-state index in [0.29, 0.717) is 52.6 Å². The standard InChI is InChI=1S/C22H18N6O4S/c23-11-12-15(13-3-1-9-31-13)16-17(24)18(33-20(16)26-19(12)25)22(30)28-7-5-27(6-8-28)21(29)14-4-2-10-32-14/h1-4,9-10H,5-8,24H2,(H2,25,26). The first-order valence-electron chi connectivity index (χ1n) is 10.1. The van der Waals surface area contributed by atoms with E-state index in [-0.39, 0.29) is 34.6 Å². The Morgan fingerprint density at radius 2 is 1.70 bits per heavy atom. The van der Waals surface area contributed by atoms with Gasteiger partial charge in [0.15, 0.2) is 5.76 Å². The molecular weight excluding hydrogens is 444 g/mol. The molecule has 0 bridgehead atoms. The van der Waals surface area contributed by atoms with Gasteiger partial charge in [-0.05, 0) is 24.3 Å². The van der Waals surface area contributed by atoms with Crippen LogP contribution in [0.3, 0.4) is 0 Å². The smallest absolute Gasteiger partial charge is 0.289 e. The molecule has 0 saturated carbocycles. The Bertz CT molecular complexity index is 1390. The van der Waals surface area contributed by atoms with E-state index in [9.17, 15) is 14.9 Å². The van der Waals surface area contributed by atoms with Crippen LogP contribution in [0.5, 0.6) is 0 Å². The van der Waals surface area contributed by atoms with Crippen molar-refractivity contribution in [3.8, 4) is 17.4 Å². The number of thiophene rings is 1. The first-order valence-corrected chi connectivity index (χ1v) is 10.9. The third-order valence-corrected chi connectivity index (χ3v) is 6.65. The molecule has 1 saturated heterocycles. The first-order chi connectivity index (χ1) is 16.0. The SMILES string of the molecule is N#Cc1c(N)nc2sc(C(=O)N3CCN(C(=O)c4ccco4)CC3)c(N)c2c1-c1ccco1. The number of carbonyl (C=O) groups excluding carboxylic acids is 2. The third kappa shape index (κ3) is 3.37. The van der Waals surface area contributed by atoms with Gasteiger partial charge < -0.3 is 30.1 Å². The number of amides is 2. The van der Waals surface area contributed by atoms with Crippen LogP contribution in [0.15, 0.2) is 45.6 Å². The number of furan rings is 2. The average Bonchev–Trinajstić information content (AvgIpc) is 3.59. The van der Waals surface area contributed by atoms with E-state index in [1.165, 1.54) is 12.5 Å². The van der Waals surface area contributed by atoms with Crippen LogP contribution in [0.2, 0.25) is 0 Å². The van der Waals surface area contributed by atoms with Crippen molar-refractivity contribution in [3.05, 3.63) is 53.0 Å². The summed E-state index contributed by atoms with van der Waals surface area (Å²) in [5.74, 6) is 0.259. The van der Waals surface area contributed by atoms with Crippen LogP contribution in [-0.2, 0) is 0 Å². The van der Waals surface area contributed by atoms with Crippen molar-refractivity contribution in [2.45, 2.75) is 0 Å². The van der Waals surface area contributed by atoms with Gasteiger partial charge in [-0.25, -0.2) is 4.98 Å². The highest BCUT2D eigenvalue weighted by Crippen LogP contribution is 2.43. The molecule has 166 valence electrons. The van der Waals surface area contributed by atoms with Gasteiger partial charge in [0.1, 0.15) is 32.9 Å². The maximum atomic E-state index is 13.3. The number of aromatic nitrogens is 1. The van der Waals surface area contributed by atoms with Gasteiger partial charge >= 0.3 is 0 Å². The number of nitrogen functional groups attached to an aromatic ring is 2. The van der Waals surface area contributed by atoms with E-state index in [1.54, 1.807) is 34.1 Å². The minimum absolute atomic E-state index is 0.0432. The summed E-state index contributed by atoms with van der Waals surface area (Å²) in [5.41, 5.74) is 13.2. The molecule has 4 aromatic rings. The van der Waals surface area contributed by atoms with E-state index in [4.69, 9.17) is 20.3 Å². The zero-order chi connectivity index (χ0) is 23.1. The lowest BCUT2D eigenvalue weighted by Gasteiger charge is -2.34. The Labute approximate surface area is 191 Å². The molecule has 0 aliphatic carbocycles. The van der Waals surface area contributed by atoms with Gasteiger partial charge in [-0.1, -0.05) is 0 Å². The molecular formula is C22H18N6O4S. The molecule has 5 heterocycles. The minimum atomic E-state index is -0.261. The number of piperazine rings is 1. The van der Waals surface area contributed by atoms with E-state index >= 15 is 0 Å². The minimum Gasteiger partial charge on any atom is -0.464 e. The molecule has 0 aromatic carbocycles. The predicted molar refractivity (Wildman–Crippen MR) is 121 cm³/mol. The summed E-state index contributed by atoms with van der Waals surface area (Å²) in [6, 6.07) is 8.72. The number of nitrogens with two attached hydrogens (primary N) is 2. The molecule has 0 radical (unpaired) electrons. The highest BCUT2D eigenvalue weighted by atomic mass is 32.1. The van der Waals surface area contributed by atoms with Crippen molar-refractivity contribution >= 4 is 44.9 Å². The highest BCUT2D eigenvalue weighted by molar-refractivity contribution is 7.21. The molecule has 1 fully saturated rings. The fourth-order valence-electron chi connectivity index (χ4n) is 3.92. The second-order valence-corrected chi connectivity index (χ2v) is 8.42. The Hall–Kier alpha value is -4.30. The van der Waals surface area contributed by atoms with Crippen molar-refractivity contribution in [3.63, 3.8) is 0 Å².